The molecule has 0 spiro atoms. The Kier molecular flexibility index (Phi) is 8.79. The normalized spacial score (nSPS) is 17.8. The Labute approximate surface area is 228 Å². The molecule has 4 rings (SSSR count). The van der Waals surface area contributed by atoms with E-state index in [-0.39, 0.29) is 29.2 Å². The lowest BCUT2D eigenvalue weighted by Crippen LogP contribution is -2.21. The third-order valence-corrected chi connectivity index (χ3v) is 7.41. The first-order valence-electron chi connectivity index (χ1n) is 12.5. The van der Waals surface area contributed by atoms with E-state index in [2.05, 4.69) is 25.9 Å². The van der Waals surface area contributed by atoms with E-state index in [1.54, 1.807) is 18.2 Å². The van der Waals surface area contributed by atoms with Gasteiger partial charge in [-0.05, 0) is 67.0 Å². The van der Waals surface area contributed by atoms with Crippen molar-refractivity contribution in [3.05, 3.63) is 70.9 Å². The highest BCUT2D eigenvalue weighted by Crippen LogP contribution is 2.40. The van der Waals surface area contributed by atoms with Crippen LogP contribution in [0.3, 0.4) is 0 Å². The molecule has 3 aromatic rings. The molecular formula is C26H29F3N5O5P. The van der Waals surface area contributed by atoms with Crippen molar-refractivity contribution in [2.75, 3.05) is 17.7 Å². The van der Waals surface area contributed by atoms with E-state index in [4.69, 9.17) is 9.79 Å². The second-order valence-corrected chi connectivity index (χ2v) is 11.3. The summed E-state index contributed by atoms with van der Waals surface area (Å²) in [7, 11) is -2.83. The number of halogens is 3. The van der Waals surface area contributed by atoms with Crippen molar-refractivity contribution in [1.82, 2.24) is 15.3 Å². The molecule has 0 radical (unpaired) electrons. The molecule has 0 aliphatic heterocycles. The first-order chi connectivity index (χ1) is 18.8. The average molecular weight is 580 g/mol. The molecule has 214 valence electrons. The number of hydrogen-bond donors (Lipinski definition) is 6. The maximum absolute atomic E-state index is 13.8. The van der Waals surface area contributed by atoms with E-state index in [1.807, 2.05) is 0 Å². The number of carbonyl (C=O) groups excluding carboxylic acids is 1. The molecule has 1 saturated carbocycles. The molecule has 0 atom stereocenters. The summed E-state index contributed by atoms with van der Waals surface area (Å²) in [4.78, 5) is 38.7. The van der Waals surface area contributed by atoms with E-state index < -0.39 is 37.2 Å². The number of anilines is 4. The van der Waals surface area contributed by atoms with Crippen molar-refractivity contribution >= 4 is 36.6 Å². The molecule has 2 aromatic carbocycles. The monoisotopic (exact) mass is 579 g/mol. The van der Waals surface area contributed by atoms with Crippen molar-refractivity contribution in [1.29, 1.82) is 0 Å². The van der Waals surface area contributed by atoms with Gasteiger partial charge in [-0.3, -0.25) is 9.36 Å². The molecule has 1 amide bonds. The summed E-state index contributed by atoms with van der Waals surface area (Å²) in [5.41, 5.74) is 0.754. The van der Waals surface area contributed by atoms with E-state index >= 15 is 0 Å². The number of benzene rings is 2. The summed E-state index contributed by atoms with van der Waals surface area (Å²) in [5.74, 6) is -1.11. The highest BCUT2D eigenvalue weighted by atomic mass is 31.2. The Morgan fingerprint density at radius 3 is 2.33 bits per heavy atom. The largest absolute Gasteiger partial charge is 0.421 e. The van der Waals surface area contributed by atoms with Crippen LogP contribution in [0.2, 0.25) is 0 Å². The Hall–Kier alpha value is -3.51. The third-order valence-electron chi connectivity index (χ3n) is 6.63. The predicted molar refractivity (Wildman–Crippen MR) is 143 cm³/mol. The summed E-state index contributed by atoms with van der Waals surface area (Å²) in [6.07, 6.45) is -2.22. The van der Waals surface area contributed by atoms with Crippen LogP contribution >= 0.6 is 7.60 Å². The van der Waals surface area contributed by atoms with Gasteiger partial charge in [0, 0.05) is 18.9 Å². The van der Waals surface area contributed by atoms with Gasteiger partial charge in [0.05, 0.1) is 23.5 Å². The molecule has 1 aliphatic rings. The fourth-order valence-electron chi connectivity index (χ4n) is 4.59. The van der Waals surface area contributed by atoms with Crippen molar-refractivity contribution in [2.45, 2.75) is 50.0 Å². The van der Waals surface area contributed by atoms with Crippen LogP contribution in [0.5, 0.6) is 0 Å². The molecular weight excluding hydrogens is 550 g/mol. The quantitative estimate of drug-likeness (QED) is 0.201. The van der Waals surface area contributed by atoms with Gasteiger partial charge in [-0.1, -0.05) is 18.2 Å². The lowest BCUT2D eigenvalue weighted by molar-refractivity contribution is -0.137. The summed E-state index contributed by atoms with van der Waals surface area (Å²) < 4.78 is 52.7. The van der Waals surface area contributed by atoms with Crippen LogP contribution in [0.1, 0.15) is 58.6 Å². The van der Waals surface area contributed by atoms with Crippen LogP contribution < -0.4 is 16.0 Å². The van der Waals surface area contributed by atoms with Crippen molar-refractivity contribution in [2.24, 2.45) is 0 Å². The maximum Gasteiger partial charge on any atom is 0.421 e. The van der Waals surface area contributed by atoms with Crippen LogP contribution in [0.15, 0.2) is 48.7 Å². The third kappa shape index (κ3) is 7.57. The standard InChI is InChI=1S/C26H29F3N5O5P/c1-30-24(36)20-12-17(16-4-9-19(35)10-5-16)6-11-22(20)33-23-21(26(27,28)29)13-31-25(34-23)32-18-7-2-15(3-8-18)14-40(37,38)39/h2-3,6-8,11-13,16,19,35H,4-5,9-10,14H2,1H3,(H,30,36)(H2,37,38,39)(H2,31,32,33,34)/t16-,19-. The van der Waals surface area contributed by atoms with Crippen molar-refractivity contribution in [3.63, 3.8) is 0 Å². The lowest BCUT2D eigenvalue weighted by Gasteiger charge is -2.26. The minimum absolute atomic E-state index is 0.120. The Balaban J connectivity index is 1.64. The fraction of sp³-hybridized carbons (Fsp3) is 0.346. The molecule has 0 saturated heterocycles. The molecule has 10 nitrogen and oxygen atoms in total. The highest BCUT2D eigenvalue weighted by Gasteiger charge is 2.36. The molecule has 1 aromatic heterocycles. The van der Waals surface area contributed by atoms with Gasteiger partial charge in [0.2, 0.25) is 5.95 Å². The predicted octanol–water partition coefficient (Wildman–Crippen LogP) is 5.04. The summed E-state index contributed by atoms with van der Waals surface area (Å²) in [6, 6.07) is 10.9. The number of carbonyl (C=O) groups is 1. The molecule has 14 heteroatoms. The SMILES string of the molecule is CNC(=O)c1cc([C@H]2CC[C@H](O)CC2)ccc1Nc1nc(Nc2ccc(CP(=O)(O)O)cc2)ncc1C(F)(F)F. The molecule has 0 unspecified atom stereocenters. The zero-order valence-corrected chi connectivity index (χ0v) is 22.3. The molecule has 6 N–H and O–H groups in total. The number of rotatable bonds is 8. The van der Waals surface area contributed by atoms with Crippen LogP contribution in [0.4, 0.5) is 36.3 Å². The van der Waals surface area contributed by atoms with Crippen LogP contribution in [-0.2, 0) is 16.9 Å². The zero-order chi connectivity index (χ0) is 29.1. The van der Waals surface area contributed by atoms with Gasteiger partial charge >= 0.3 is 13.8 Å². The number of alkyl halides is 3. The van der Waals surface area contributed by atoms with E-state index in [0.29, 0.717) is 30.3 Å². The molecule has 1 fully saturated rings. The minimum atomic E-state index is -4.79. The van der Waals surface area contributed by atoms with Gasteiger partial charge in [0.1, 0.15) is 11.4 Å². The Morgan fingerprint density at radius 2 is 1.73 bits per heavy atom. The van der Waals surface area contributed by atoms with Gasteiger partial charge in [-0.15, -0.1) is 0 Å². The van der Waals surface area contributed by atoms with Crippen LogP contribution in [-0.4, -0.2) is 43.9 Å². The summed E-state index contributed by atoms with van der Waals surface area (Å²) in [6.45, 7) is 0. The van der Waals surface area contributed by atoms with Gasteiger partial charge in [-0.25, -0.2) is 4.98 Å². The highest BCUT2D eigenvalue weighted by molar-refractivity contribution is 7.50. The number of nitrogens with one attached hydrogen (secondary N) is 3. The van der Waals surface area contributed by atoms with Crippen LogP contribution in [0, 0.1) is 0 Å². The maximum atomic E-state index is 13.8. The minimum Gasteiger partial charge on any atom is -0.393 e. The zero-order valence-electron chi connectivity index (χ0n) is 21.4. The van der Waals surface area contributed by atoms with Crippen molar-refractivity contribution in [3.8, 4) is 0 Å². The molecule has 1 aliphatic carbocycles. The molecule has 0 bridgehead atoms. The second-order valence-electron chi connectivity index (χ2n) is 9.61. The number of aliphatic hydroxyl groups excluding tert-OH is 1. The van der Waals surface area contributed by atoms with Crippen LogP contribution in [0.25, 0.3) is 0 Å². The number of nitrogens with zero attached hydrogens (tertiary/aromatic N) is 2. The fourth-order valence-corrected chi connectivity index (χ4v) is 5.28. The van der Waals surface area contributed by atoms with E-state index in [9.17, 15) is 27.6 Å². The number of aromatic nitrogens is 2. The molecule has 40 heavy (non-hydrogen) atoms. The Bertz CT molecular complexity index is 1410. The average Bonchev–Trinajstić information content (AvgIpc) is 2.89. The van der Waals surface area contributed by atoms with E-state index in [1.165, 1.54) is 31.3 Å². The Morgan fingerprint density at radius 1 is 1.05 bits per heavy atom. The first-order valence-corrected chi connectivity index (χ1v) is 14.3. The van der Waals surface area contributed by atoms with E-state index in [0.717, 1.165) is 18.4 Å². The molecule has 1 heterocycles. The number of aliphatic hydroxyl groups is 1. The van der Waals surface area contributed by atoms with Gasteiger partial charge in [0.25, 0.3) is 5.91 Å². The smallest absolute Gasteiger partial charge is 0.393 e. The summed E-state index contributed by atoms with van der Waals surface area (Å²) in [5, 5.41) is 17.8. The van der Waals surface area contributed by atoms with Crippen molar-refractivity contribution < 1.29 is 37.4 Å². The lowest BCUT2D eigenvalue weighted by atomic mass is 9.82. The van der Waals surface area contributed by atoms with Gasteiger partial charge < -0.3 is 30.8 Å². The number of amides is 1. The second kappa shape index (κ2) is 11.9. The topological polar surface area (TPSA) is 157 Å². The summed E-state index contributed by atoms with van der Waals surface area (Å²) >= 11 is 0. The number of hydrogen-bond acceptors (Lipinski definition) is 7. The van der Waals surface area contributed by atoms with Gasteiger partial charge in [-0.2, -0.15) is 18.2 Å². The first kappa shape index (κ1) is 29.5. The van der Waals surface area contributed by atoms with Gasteiger partial charge in [0.15, 0.2) is 0 Å².